The van der Waals surface area contributed by atoms with Crippen molar-refractivity contribution in [3.8, 4) is 0 Å². The van der Waals surface area contributed by atoms with Crippen LogP contribution < -0.4 is 10.6 Å². The highest BCUT2D eigenvalue weighted by molar-refractivity contribution is 5.94. The van der Waals surface area contributed by atoms with Gasteiger partial charge in [-0.1, -0.05) is 18.2 Å². The van der Waals surface area contributed by atoms with Crippen LogP contribution in [0.2, 0.25) is 0 Å². The van der Waals surface area contributed by atoms with Gasteiger partial charge in [0.05, 0.1) is 0 Å². The molecule has 1 aliphatic carbocycles. The Morgan fingerprint density at radius 3 is 2.56 bits per heavy atom. The minimum atomic E-state index is -0.0850. The fraction of sp³-hybridized carbons (Fsp3) is 0.429. The van der Waals surface area contributed by atoms with Gasteiger partial charge in [-0.25, -0.2) is 0 Å². The molecule has 96 valence electrons. The lowest BCUT2D eigenvalue weighted by Gasteiger charge is -2.05. The number of hydrogen-bond acceptors (Lipinski definition) is 2. The lowest BCUT2D eigenvalue weighted by molar-refractivity contribution is -0.121. The zero-order valence-electron chi connectivity index (χ0n) is 10.3. The molecule has 0 aliphatic heterocycles. The molecule has 2 rings (SSSR count). The molecule has 4 heteroatoms. The predicted molar refractivity (Wildman–Crippen MR) is 69.2 cm³/mol. The molecule has 1 fully saturated rings. The molecule has 0 atom stereocenters. The topological polar surface area (TPSA) is 58.2 Å². The zero-order valence-corrected chi connectivity index (χ0v) is 10.3. The molecule has 4 nitrogen and oxygen atoms in total. The van der Waals surface area contributed by atoms with Gasteiger partial charge in [0.25, 0.3) is 5.91 Å². The van der Waals surface area contributed by atoms with Crippen LogP contribution in [0.1, 0.15) is 36.0 Å². The summed E-state index contributed by atoms with van der Waals surface area (Å²) in [6.07, 6.45) is 3.37. The van der Waals surface area contributed by atoms with Crippen molar-refractivity contribution in [3.05, 3.63) is 35.9 Å². The predicted octanol–water partition coefficient (Wildman–Crippen LogP) is 1.48. The summed E-state index contributed by atoms with van der Waals surface area (Å²) < 4.78 is 0. The van der Waals surface area contributed by atoms with E-state index in [4.69, 9.17) is 0 Å². The summed E-state index contributed by atoms with van der Waals surface area (Å²) >= 11 is 0. The maximum absolute atomic E-state index is 11.7. The van der Waals surface area contributed by atoms with Crippen molar-refractivity contribution in [1.29, 1.82) is 0 Å². The molecule has 0 spiro atoms. The van der Waals surface area contributed by atoms with Crippen LogP contribution in [-0.4, -0.2) is 24.4 Å². The van der Waals surface area contributed by atoms with Crippen LogP contribution in [0.3, 0.4) is 0 Å². The molecule has 2 N–H and O–H groups in total. The molecule has 1 aliphatic rings. The van der Waals surface area contributed by atoms with E-state index >= 15 is 0 Å². The lowest BCUT2D eigenvalue weighted by Crippen LogP contribution is -2.28. The van der Waals surface area contributed by atoms with E-state index in [2.05, 4.69) is 10.6 Å². The maximum Gasteiger partial charge on any atom is 0.251 e. The van der Waals surface area contributed by atoms with Gasteiger partial charge in [-0.3, -0.25) is 9.59 Å². The number of amides is 2. The second-order valence-corrected chi connectivity index (χ2v) is 4.57. The van der Waals surface area contributed by atoms with Crippen LogP contribution in [0.4, 0.5) is 0 Å². The van der Waals surface area contributed by atoms with Gasteiger partial charge in [0.2, 0.25) is 5.91 Å². The third kappa shape index (κ3) is 4.20. The van der Waals surface area contributed by atoms with Crippen molar-refractivity contribution in [2.75, 3.05) is 6.54 Å². The number of hydrogen-bond donors (Lipinski definition) is 2. The fourth-order valence-electron chi connectivity index (χ4n) is 1.67. The van der Waals surface area contributed by atoms with E-state index in [1.807, 2.05) is 18.2 Å². The monoisotopic (exact) mass is 246 g/mol. The van der Waals surface area contributed by atoms with Gasteiger partial charge in [-0.2, -0.15) is 0 Å². The van der Waals surface area contributed by atoms with Gasteiger partial charge in [-0.05, 0) is 31.4 Å². The number of rotatable bonds is 6. The van der Waals surface area contributed by atoms with Crippen LogP contribution in [-0.2, 0) is 4.79 Å². The van der Waals surface area contributed by atoms with Crippen molar-refractivity contribution in [2.24, 2.45) is 0 Å². The summed E-state index contributed by atoms with van der Waals surface area (Å²) in [6.45, 7) is 0.534. The molecule has 1 aromatic rings. The molecule has 0 bridgehead atoms. The first-order valence-electron chi connectivity index (χ1n) is 6.38. The Hall–Kier alpha value is -1.84. The Balaban J connectivity index is 1.60. The number of carbonyl (C=O) groups excluding carboxylic acids is 2. The Morgan fingerprint density at radius 1 is 1.17 bits per heavy atom. The molecule has 2 amide bonds. The number of nitrogens with one attached hydrogen (secondary N) is 2. The summed E-state index contributed by atoms with van der Waals surface area (Å²) in [6, 6.07) is 9.50. The SMILES string of the molecule is O=C(CCCNC(=O)c1ccccc1)NC1CC1. The van der Waals surface area contributed by atoms with Crippen LogP contribution in [0, 0.1) is 0 Å². The molecule has 0 unspecified atom stereocenters. The van der Waals surface area contributed by atoms with E-state index in [1.165, 1.54) is 0 Å². The smallest absolute Gasteiger partial charge is 0.251 e. The fourth-order valence-corrected chi connectivity index (χ4v) is 1.67. The third-order valence-corrected chi connectivity index (χ3v) is 2.84. The highest BCUT2D eigenvalue weighted by Crippen LogP contribution is 2.18. The molecule has 0 heterocycles. The Morgan fingerprint density at radius 2 is 1.89 bits per heavy atom. The van der Waals surface area contributed by atoms with Gasteiger partial charge in [-0.15, -0.1) is 0 Å². The molecular weight excluding hydrogens is 228 g/mol. The van der Waals surface area contributed by atoms with Gasteiger partial charge < -0.3 is 10.6 Å². The quantitative estimate of drug-likeness (QED) is 0.747. The number of carbonyl (C=O) groups is 2. The van der Waals surface area contributed by atoms with Crippen LogP contribution in [0.25, 0.3) is 0 Å². The summed E-state index contributed by atoms with van der Waals surface area (Å²) in [5, 5.41) is 5.73. The molecular formula is C14H18N2O2. The van der Waals surface area contributed by atoms with Gasteiger partial charge in [0.1, 0.15) is 0 Å². The van der Waals surface area contributed by atoms with Crippen LogP contribution in [0.5, 0.6) is 0 Å². The Bertz CT molecular complexity index is 413. The first kappa shape index (κ1) is 12.6. The standard InChI is InChI=1S/C14H18N2O2/c17-13(16-12-8-9-12)7-4-10-15-14(18)11-5-2-1-3-6-11/h1-3,5-6,12H,4,7-10H2,(H,15,18)(H,16,17). The second kappa shape index (κ2) is 6.19. The van der Waals surface area contributed by atoms with E-state index in [9.17, 15) is 9.59 Å². The first-order chi connectivity index (χ1) is 8.75. The van der Waals surface area contributed by atoms with Crippen LogP contribution in [0.15, 0.2) is 30.3 Å². The molecule has 0 aromatic heterocycles. The third-order valence-electron chi connectivity index (χ3n) is 2.84. The largest absolute Gasteiger partial charge is 0.353 e. The highest BCUT2D eigenvalue weighted by Gasteiger charge is 2.22. The van der Waals surface area contributed by atoms with E-state index in [0.29, 0.717) is 31.0 Å². The van der Waals surface area contributed by atoms with E-state index in [0.717, 1.165) is 12.8 Å². The summed E-state index contributed by atoms with van der Waals surface area (Å²) in [7, 11) is 0. The summed E-state index contributed by atoms with van der Waals surface area (Å²) in [4.78, 5) is 23.0. The Labute approximate surface area is 107 Å². The maximum atomic E-state index is 11.7. The minimum Gasteiger partial charge on any atom is -0.353 e. The van der Waals surface area contributed by atoms with Crippen LogP contribution >= 0.6 is 0 Å². The minimum absolute atomic E-state index is 0.0850. The second-order valence-electron chi connectivity index (χ2n) is 4.57. The average molecular weight is 246 g/mol. The van der Waals surface area contributed by atoms with Crippen molar-refractivity contribution in [2.45, 2.75) is 31.7 Å². The van der Waals surface area contributed by atoms with Crippen molar-refractivity contribution in [1.82, 2.24) is 10.6 Å². The van der Waals surface area contributed by atoms with Gasteiger partial charge in [0.15, 0.2) is 0 Å². The van der Waals surface area contributed by atoms with Gasteiger partial charge >= 0.3 is 0 Å². The van der Waals surface area contributed by atoms with E-state index in [-0.39, 0.29) is 11.8 Å². The first-order valence-corrected chi connectivity index (χ1v) is 6.38. The molecule has 1 saturated carbocycles. The lowest BCUT2D eigenvalue weighted by atomic mass is 10.2. The number of benzene rings is 1. The molecule has 1 aromatic carbocycles. The highest BCUT2D eigenvalue weighted by atomic mass is 16.2. The molecule has 18 heavy (non-hydrogen) atoms. The summed E-state index contributed by atoms with van der Waals surface area (Å²) in [5.41, 5.74) is 0.653. The average Bonchev–Trinajstić information content (AvgIpc) is 3.19. The molecule has 0 saturated heterocycles. The van der Waals surface area contributed by atoms with Gasteiger partial charge in [0, 0.05) is 24.6 Å². The normalized spacial score (nSPS) is 14.0. The molecule has 0 radical (unpaired) electrons. The van der Waals surface area contributed by atoms with Crippen molar-refractivity contribution >= 4 is 11.8 Å². The van der Waals surface area contributed by atoms with Crippen molar-refractivity contribution < 1.29 is 9.59 Å². The zero-order chi connectivity index (χ0) is 12.8. The Kier molecular flexibility index (Phi) is 4.34. The van der Waals surface area contributed by atoms with E-state index in [1.54, 1.807) is 12.1 Å². The van der Waals surface area contributed by atoms with Crippen molar-refractivity contribution in [3.63, 3.8) is 0 Å². The van der Waals surface area contributed by atoms with E-state index < -0.39 is 0 Å². The summed E-state index contributed by atoms with van der Waals surface area (Å²) in [5.74, 6) is 0.00432.